The maximum Gasteiger partial charge on any atom is 0.214 e. The number of hydrogen-bond acceptors (Lipinski definition) is 4. The Morgan fingerprint density at radius 2 is 2.06 bits per heavy atom. The maximum absolute atomic E-state index is 11.9. The summed E-state index contributed by atoms with van der Waals surface area (Å²) in [4.78, 5) is 0. The van der Waals surface area contributed by atoms with Gasteiger partial charge < -0.3 is 10.2 Å². The van der Waals surface area contributed by atoms with Crippen molar-refractivity contribution in [1.82, 2.24) is 4.31 Å². The summed E-state index contributed by atoms with van der Waals surface area (Å²) in [7, 11) is -1.64. The summed E-state index contributed by atoms with van der Waals surface area (Å²) in [5.41, 5.74) is 5.34. The highest BCUT2D eigenvalue weighted by Crippen LogP contribution is 2.12. The molecule has 1 heterocycles. The molecule has 0 bridgehead atoms. The van der Waals surface area contributed by atoms with Crippen molar-refractivity contribution in [3.05, 3.63) is 23.7 Å². The lowest BCUT2D eigenvalue weighted by molar-refractivity contribution is 0.397. The number of hydrogen-bond donors (Lipinski definition) is 1. The summed E-state index contributed by atoms with van der Waals surface area (Å²) >= 11 is 0. The first kappa shape index (κ1) is 14.2. The molecule has 0 aliphatic heterocycles. The lowest BCUT2D eigenvalue weighted by atomic mass is 10.3. The Labute approximate surface area is 103 Å². The number of unbranched alkanes of at least 4 members (excludes halogenated alkanes) is 1. The average Bonchev–Trinajstić information content (AvgIpc) is 2.64. The van der Waals surface area contributed by atoms with E-state index in [1.165, 1.54) is 4.31 Å². The van der Waals surface area contributed by atoms with E-state index in [-0.39, 0.29) is 12.3 Å². The Balaban J connectivity index is 2.53. The van der Waals surface area contributed by atoms with E-state index in [9.17, 15) is 8.42 Å². The van der Waals surface area contributed by atoms with Crippen molar-refractivity contribution in [2.24, 2.45) is 5.73 Å². The second kappa shape index (κ2) is 6.18. The van der Waals surface area contributed by atoms with Crippen molar-refractivity contribution in [1.29, 1.82) is 0 Å². The van der Waals surface area contributed by atoms with E-state index in [4.69, 9.17) is 10.2 Å². The van der Waals surface area contributed by atoms with Crippen LogP contribution in [0.25, 0.3) is 0 Å². The standard InChI is InChI=1S/C11H20N2O3S/c1-10-5-6-11(16-10)9-13(2)17(14,15)8-4-3-7-12/h5-6H,3-4,7-9,12H2,1-2H3. The molecule has 17 heavy (non-hydrogen) atoms. The van der Waals surface area contributed by atoms with Crippen molar-refractivity contribution in [2.45, 2.75) is 26.3 Å². The normalized spacial score (nSPS) is 12.2. The van der Waals surface area contributed by atoms with Crippen molar-refractivity contribution < 1.29 is 12.8 Å². The molecule has 0 atom stereocenters. The van der Waals surface area contributed by atoms with Crippen molar-refractivity contribution in [3.8, 4) is 0 Å². The van der Waals surface area contributed by atoms with Crippen molar-refractivity contribution >= 4 is 10.0 Å². The summed E-state index contributed by atoms with van der Waals surface area (Å²) < 4.78 is 30.4. The van der Waals surface area contributed by atoms with E-state index in [1.54, 1.807) is 13.1 Å². The Hall–Kier alpha value is -0.850. The van der Waals surface area contributed by atoms with Gasteiger partial charge in [0.15, 0.2) is 0 Å². The largest absolute Gasteiger partial charge is 0.465 e. The SMILES string of the molecule is Cc1ccc(CN(C)S(=O)(=O)CCCCN)o1. The molecule has 0 aliphatic carbocycles. The molecule has 0 saturated heterocycles. The van der Waals surface area contributed by atoms with E-state index in [2.05, 4.69) is 0 Å². The lowest BCUT2D eigenvalue weighted by Crippen LogP contribution is -2.28. The Bertz CT molecular complexity index is 439. The van der Waals surface area contributed by atoms with Gasteiger partial charge >= 0.3 is 0 Å². The quantitative estimate of drug-likeness (QED) is 0.744. The van der Waals surface area contributed by atoms with E-state index >= 15 is 0 Å². The smallest absolute Gasteiger partial charge is 0.214 e. The molecule has 0 saturated carbocycles. The topological polar surface area (TPSA) is 76.5 Å². The molecule has 1 aromatic rings. The van der Waals surface area contributed by atoms with Gasteiger partial charge in [-0.3, -0.25) is 0 Å². The summed E-state index contributed by atoms with van der Waals surface area (Å²) in [6, 6.07) is 3.62. The third-order valence-electron chi connectivity index (χ3n) is 2.51. The Morgan fingerprint density at radius 3 is 2.59 bits per heavy atom. The molecule has 0 unspecified atom stereocenters. The van der Waals surface area contributed by atoms with E-state index in [1.807, 2.05) is 13.0 Å². The maximum atomic E-state index is 11.9. The molecule has 1 rings (SSSR count). The van der Waals surface area contributed by atoms with Gasteiger partial charge in [0, 0.05) is 7.05 Å². The second-order valence-corrected chi connectivity index (χ2v) is 6.28. The minimum atomic E-state index is -3.20. The van der Waals surface area contributed by atoms with Crippen LogP contribution in [0.3, 0.4) is 0 Å². The predicted octanol–water partition coefficient (Wildman–Crippen LogP) is 1.09. The van der Waals surface area contributed by atoms with Gasteiger partial charge in [0.1, 0.15) is 11.5 Å². The van der Waals surface area contributed by atoms with Crippen LogP contribution in [0.2, 0.25) is 0 Å². The zero-order valence-electron chi connectivity index (χ0n) is 10.3. The number of aryl methyl sites for hydroxylation is 1. The minimum absolute atomic E-state index is 0.139. The fourth-order valence-electron chi connectivity index (χ4n) is 1.47. The van der Waals surface area contributed by atoms with Gasteiger partial charge in [-0.25, -0.2) is 8.42 Å². The molecule has 0 fully saturated rings. The summed E-state index contributed by atoms with van der Waals surface area (Å²) in [6.07, 6.45) is 1.33. The van der Waals surface area contributed by atoms with Gasteiger partial charge in [0.2, 0.25) is 10.0 Å². The van der Waals surface area contributed by atoms with Crippen molar-refractivity contribution in [2.75, 3.05) is 19.3 Å². The van der Waals surface area contributed by atoms with Crippen molar-refractivity contribution in [3.63, 3.8) is 0 Å². The molecule has 0 spiro atoms. The summed E-state index contributed by atoms with van der Waals surface area (Å²) in [5.74, 6) is 1.58. The first-order valence-electron chi connectivity index (χ1n) is 5.65. The summed E-state index contributed by atoms with van der Waals surface area (Å²) in [5, 5.41) is 0. The Morgan fingerprint density at radius 1 is 1.35 bits per heavy atom. The second-order valence-electron chi connectivity index (χ2n) is 4.08. The fourth-order valence-corrected chi connectivity index (χ4v) is 2.68. The van der Waals surface area contributed by atoms with Crippen LogP contribution in [0.4, 0.5) is 0 Å². The monoisotopic (exact) mass is 260 g/mol. The third-order valence-corrected chi connectivity index (χ3v) is 4.39. The van der Waals surface area contributed by atoms with Crippen LogP contribution in [0.5, 0.6) is 0 Å². The zero-order chi connectivity index (χ0) is 12.9. The van der Waals surface area contributed by atoms with Gasteiger partial charge in [-0.15, -0.1) is 0 Å². The first-order chi connectivity index (χ1) is 7.95. The molecule has 98 valence electrons. The van der Waals surface area contributed by atoms with Crippen LogP contribution in [0.15, 0.2) is 16.5 Å². The number of sulfonamides is 1. The predicted molar refractivity (Wildman–Crippen MR) is 67.0 cm³/mol. The molecule has 2 N–H and O–H groups in total. The average molecular weight is 260 g/mol. The van der Waals surface area contributed by atoms with Gasteiger partial charge in [-0.2, -0.15) is 4.31 Å². The first-order valence-corrected chi connectivity index (χ1v) is 7.26. The van der Waals surface area contributed by atoms with Gasteiger partial charge in [0.05, 0.1) is 12.3 Å². The molecule has 0 radical (unpaired) electrons. The fraction of sp³-hybridized carbons (Fsp3) is 0.636. The third kappa shape index (κ3) is 4.49. The van der Waals surface area contributed by atoms with E-state index in [0.29, 0.717) is 18.7 Å². The molecule has 0 aromatic carbocycles. The molecule has 6 heteroatoms. The van der Waals surface area contributed by atoms with Crippen LogP contribution in [-0.4, -0.2) is 32.1 Å². The molecule has 0 aliphatic rings. The van der Waals surface area contributed by atoms with Crippen LogP contribution in [-0.2, 0) is 16.6 Å². The highest BCUT2D eigenvalue weighted by Gasteiger charge is 2.18. The lowest BCUT2D eigenvalue weighted by Gasteiger charge is -2.15. The van der Waals surface area contributed by atoms with Gasteiger partial charge in [-0.05, 0) is 38.4 Å². The summed E-state index contributed by atoms with van der Waals surface area (Å²) in [6.45, 7) is 2.63. The highest BCUT2D eigenvalue weighted by molar-refractivity contribution is 7.89. The van der Waals surface area contributed by atoms with Crippen LogP contribution >= 0.6 is 0 Å². The number of nitrogens with two attached hydrogens (primary N) is 1. The molecular formula is C11H20N2O3S. The number of rotatable bonds is 7. The minimum Gasteiger partial charge on any atom is -0.465 e. The Kier molecular flexibility index (Phi) is 5.17. The molecule has 0 amide bonds. The van der Waals surface area contributed by atoms with Gasteiger partial charge in [-0.1, -0.05) is 0 Å². The van der Waals surface area contributed by atoms with E-state index in [0.717, 1.165) is 12.2 Å². The van der Waals surface area contributed by atoms with Gasteiger partial charge in [0.25, 0.3) is 0 Å². The highest BCUT2D eigenvalue weighted by atomic mass is 32.2. The van der Waals surface area contributed by atoms with Crippen LogP contribution in [0.1, 0.15) is 24.4 Å². The molecule has 1 aromatic heterocycles. The van der Waals surface area contributed by atoms with Crippen LogP contribution < -0.4 is 5.73 Å². The molecular weight excluding hydrogens is 240 g/mol. The van der Waals surface area contributed by atoms with Crippen LogP contribution in [0, 0.1) is 6.92 Å². The van der Waals surface area contributed by atoms with E-state index < -0.39 is 10.0 Å². The number of furan rings is 1. The molecule has 5 nitrogen and oxygen atoms in total. The number of nitrogens with zero attached hydrogens (tertiary/aromatic N) is 1. The zero-order valence-corrected chi connectivity index (χ0v) is 11.2.